The van der Waals surface area contributed by atoms with Crippen LogP contribution in [0.5, 0.6) is 0 Å². The molecule has 0 aromatic carbocycles. The molecule has 1 heterocycles. The second kappa shape index (κ2) is 2.99. The minimum atomic E-state index is -1.12. The van der Waals surface area contributed by atoms with E-state index in [1.165, 1.54) is 6.92 Å². The summed E-state index contributed by atoms with van der Waals surface area (Å²) in [4.78, 5) is 22.9. The number of hydrogen-bond donors (Lipinski definition) is 1. The van der Waals surface area contributed by atoms with Crippen LogP contribution in [-0.4, -0.2) is 40.3 Å². The van der Waals surface area contributed by atoms with Gasteiger partial charge < -0.3 is 9.84 Å². The summed E-state index contributed by atoms with van der Waals surface area (Å²) < 4.78 is 5.21. The smallest absolute Gasteiger partial charge is 0.410 e. The van der Waals surface area contributed by atoms with E-state index in [-0.39, 0.29) is 12.4 Å². The third-order valence-electron chi connectivity index (χ3n) is 2.16. The van der Waals surface area contributed by atoms with E-state index in [0.717, 1.165) is 4.90 Å². The Balaban J connectivity index is 2.92. The SMILES string of the molecule is CC(=O)C1COC(C)(C)N1C(=O)O. The summed E-state index contributed by atoms with van der Waals surface area (Å²) in [5, 5.41) is 8.86. The first-order valence-corrected chi connectivity index (χ1v) is 4.03. The number of hydrogen-bond acceptors (Lipinski definition) is 3. The quantitative estimate of drug-likeness (QED) is 0.655. The summed E-state index contributed by atoms with van der Waals surface area (Å²) >= 11 is 0. The molecule has 1 saturated heterocycles. The Morgan fingerprint density at radius 3 is 2.38 bits per heavy atom. The molecule has 1 rings (SSSR count). The highest BCUT2D eigenvalue weighted by Gasteiger charge is 2.45. The summed E-state index contributed by atoms with van der Waals surface area (Å²) in [6.07, 6.45) is -1.12. The molecule has 1 fully saturated rings. The Hall–Kier alpha value is -1.10. The van der Waals surface area contributed by atoms with Crippen molar-refractivity contribution >= 4 is 11.9 Å². The molecule has 13 heavy (non-hydrogen) atoms. The zero-order valence-corrected chi connectivity index (χ0v) is 7.90. The number of nitrogens with zero attached hydrogens (tertiary/aromatic N) is 1. The molecule has 1 unspecified atom stereocenters. The number of ketones is 1. The lowest BCUT2D eigenvalue weighted by molar-refractivity contribution is -0.121. The van der Waals surface area contributed by atoms with Crippen LogP contribution in [0.4, 0.5) is 4.79 Å². The number of amides is 1. The van der Waals surface area contributed by atoms with E-state index in [0.29, 0.717) is 0 Å². The summed E-state index contributed by atoms with van der Waals surface area (Å²) in [6, 6.07) is -0.660. The summed E-state index contributed by atoms with van der Waals surface area (Å²) in [5.41, 5.74) is -0.901. The van der Waals surface area contributed by atoms with Gasteiger partial charge in [0.15, 0.2) is 5.78 Å². The van der Waals surface area contributed by atoms with E-state index in [1.807, 2.05) is 0 Å². The standard InChI is InChI=1S/C8H13NO4/c1-5(10)6-4-13-8(2,3)9(6)7(11)12/h6H,4H2,1-3H3,(H,11,12). The van der Waals surface area contributed by atoms with Crippen molar-refractivity contribution in [3.8, 4) is 0 Å². The van der Waals surface area contributed by atoms with E-state index >= 15 is 0 Å². The molecular weight excluding hydrogens is 174 g/mol. The van der Waals surface area contributed by atoms with Gasteiger partial charge in [0, 0.05) is 0 Å². The van der Waals surface area contributed by atoms with Crippen molar-refractivity contribution < 1.29 is 19.4 Å². The molecule has 1 aliphatic heterocycles. The fraction of sp³-hybridized carbons (Fsp3) is 0.750. The molecule has 0 saturated carbocycles. The predicted molar refractivity (Wildman–Crippen MR) is 44.4 cm³/mol. The van der Waals surface area contributed by atoms with Crippen molar-refractivity contribution in [3.05, 3.63) is 0 Å². The van der Waals surface area contributed by atoms with Crippen molar-refractivity contribution in [2.45, 2.75) is 32.5 Å². The van der Waals surface area contributed by atoms with Gasteiger partial charge in [0.2, 0.25) is 0 Å². The van der Waals surface area contributed by atoms with E-state index in [9.17, 15) is 9.59 Å². The Morgan fingerprint density at radius 1 is 1.54 bits per heavy atom. The van der Waals surface area contributed by atoms with Gasteiger partial charge in [-0.25, -0.2) is 4.79 Å². The molecule has 0 spiro atoms. The van der Waals surface area contributed by atoms with Crippen LogP contribution in [0.2, 0.25) is 0 Å². The Kier molecular flexibility index (Phi) is 2.30. The fourth-order valence-corrected chi connectivity index (χ4v) is 1.47. The molecule has 5 heteroatoms. The second-order valence-electron chi connectivity index (χ2n) is 3.54. The van der Waals surface area contributed by atoms with E-state index in [4.69, 9.17) is 9.84 Å². The normalized spacial score (nSPS) is 26.1. The van der Waals surface area contributed by atoms with Gasteiger partial charge in [-0.05, 0) is 20.8 Å². The summed E-state index contributed by atoms with van der Waals surface area (Å²) in [7, 11) is 0. The third kappa shape index (κ3) is 1.65. The van der Waals surface area contributed by atoms with E-state index in [1.54, 1.807) is 13.8 Å². The summed E-state index contributed by atoms with van der Waals surface area (Å²) in [6.45, 7) is 4.77. The van der Waals surface area contributed by atoms with Gasteiger partial charge in [-0.15, -0.1) is 0 Å². The lowest BCUT2D eigenvalue weighted by Crippen LogP contribution is -2.49. The van der Waals surface area contributed by atoms with Crippen molar-refractivity contribution in [1.82, 2.24) is 4.90 Å². The summed E-state index contributed by atoms with van der Waals surface area (Å²) in [5.74, 6) is -0.187. The van der Waals surface area contributed by atoms with Crippen LogP contribution in [0.25, 0.3) is 0 Å². The molecule has 0 aromatic rings. The lowest BCUT2D eigenvalue weighted by atomic mass is 10.2. The van der Waals surface area contributed by atoms with Gasteiger partial charge in [-0.1, -0.05) is 0 Å². The van der Waals surface area contributed by atoms with Crippen molar-refractivity contribution in [3.63, 3.8) is 0 Å². The first-order chi connectivity index (χ1) is 5.86. The van der Waals surface area contributed by atoms with E-state index < -0.39 is 17.9 Å². The largest absolute Gasteiger partial charge is 0.465 e. The Morgan fingerprint density at radius 2 is 2.08 bits per heavy atom. The topological polar surface area (TPSA) is 66.8 Å². The molecule has 0 bridgehead atoms. The zero-order valence-electron chi connectivity index (χ0n) is 7.90. The third-order valence-corrected chi connectivity index (χ3v) is 2.16. The predicted octanol–water partition coefficient (Wildman–Crippen LogP) is 0.690. The molecule has 0 radical (unpaired) electrons. The number of rotatable bonds is 1. The van der Waals surface area contributed by atoms with Gasteiger partial charge in [0.05, 0.1) is 6.61 Å². The van der Waals surface area contributed by atoms with Crippen LogP contribution < -0.4 is 0 Å². The maximum atomic E-state index is 11.1. The first kappa shape index (κ1) is 9.98. The molecule has 0 aromatic heterocycles. The van der Waals surface area contributed by atoms with Crippen LogP contribution in [0.3, 0.4) is 0 Å². The van der Waals surface area contributed by atoms with Gasteiger partial charge >= 0.3 is 6.09 Å². The molecule has 74 valence electrons. The Bertz CT molecular complexity index is 249. The van der Waals surface area contributed by atoms with Crippen LogP contribution >= 0.6 is 0 Å². The highest BCUT2D eigenvalue weighted by molar-refractivity contribution is 5.86. The van der Waals surface area contributed by atoms with Crippen molar-refractivity contribution in [2.75, 3.05) is 6.61 Å². The minimum Gasteiger partial charge on any atom is -0.465 e. The highest BCUT2D eigenvalue weighted by Crippen LogP contribution is 2.27. The molecule has 1 atom stereocenters. The van der Waals surface area contributed by atoms with Crippen LogP contribution in [-0.2, 0) is 9.53 Å². The van der Waals surface area contributed by atoms with Gasteiger partial charge in [-0.2, -0.15) is 0 Å². The van der Waals surface area contributed by atoms with Crippen LogP contribution in [0, 0.1) is 0 Å². The number of ether oxygens (including phenoxy) is 1. The second-order valence-corrected chi connectivity index (χ2v) is 3.54. The number of carbonyl (C=O) groups is 2. The van der Waals surface area contributed by atoms with E-state index in [2.05, 4.69) is 0 Å². The maximum absolute atomic E-state index is 11.1. The van der Waals surface area contributed by atoms with Crippen LogP contribution in [0.15, 0.2) is 0 Å². The molecule has 5 nitrogen and oxygen atoms in total. The van der Waals surface area contributed by atoms with Gasteiger partial charge in [0.25, 0.3) is 0 Å². The average molecular weight is 187 g/mol. The fourth-order valence-electron chi connectivity index (χ4n) is 1.47. The maximum Gasteiger partial charge on any atom is 0.410 e. The van der Waals surface area contributed by atoms with Gasteiger partial charge in [-0.3, -0.25) is 9.69 Å². The zero-order chi connectivity index (χ0) is 10.2. The first-order valence-electron chi connectivity index (χ1n) is 4.03. The molecule has 1 aliphatic rings. The molecule has 1 amide bonds. The average Bonchev–Trinajstić information content (AvgIpc) is 2.24. The number of carbonyl (C=O) groups excluding carboxylic acids is 1. The minimum absolute atomic E-state index is 0.147. The number of Topliss-reactive ketones (excluding diaryl/α,β-unsaturated/α-hetero) is 1. The Labute approximate surface area is 76.3 Å². The monoisotopic (exact) mass is 187 g/mol. The molecular formula is C8H13NO4. The molecule has 1 N–H and O–H groups in total. The number of carboxylic acid groups (broad SMARTS) is 1. The van der Waals surface area contributed by atoms with Gasteiger partial charge in [0.1, 0.15) is 11.8 Å². The lowest BCUT2D eigenvalue weighted by Gasteiger charge is -2.29. The molecule has 0 aliphatic carbocycles. The highest BCUT2D eigenvalue weighted by atomic mass is 16.5. The van der Waals surface area contributed by atoms with Crippen molar-refractivity contribution in [2.24, 2.45) is 0 Å². The van der Waals surface area contributed by atoms with Crippen LogP contribution in [0.1, 0.15) is 20.8 Å². The van der Waals surface area contributed by atoms with Crippen molar-refractivity contribution in [1.29, 1.82) is 0 Å².